The first-order valence-electron chi connectivity index (χ1n) is 10.9. The second kappa shape index (κ2) is 8.83. The number of aryl methyl sites for hydroxylation is 1. The Hall–Kier alpha value is -3.12. The second-order valence-electron chi connectivity index (χ2n) is 8.82. The Morgan fingerprint density at radius 1 is 0.943 bits per heavy atom. The summed E-state index contributed by atoms with van der Waals surface area (Å²) in [7, 11) is -7.49. The van der Waals surface area contributed by atoms with E-state index in [1.807, 2.05) is 0 Å². The highest BCUT2D eigenvalue weighted by molar-refractivity contribution is 7.92. The molecule has 0 saturated carbocycles. The molecule has 0 spiro atoms. The maximum absolute atomic E-state index is 13.3. The molecule has 0 saturated heterocycles. The molecule has 1 N–H and O–H groups in total. The van der Waals surface area contributed by atoms with Gasteiger partial charge in [0, 0.05) is 12.6 Å². The van der Waals surface area contributed by atoms with E-state index in [-0.39, 0.29) is 46.9 Å². The molecular weight excluding hydrogens is 496 g/mol. The van der Waals surface area contributed by atoms with Crippen LogP contribution in [-0.4, -0.2) is 58.9 Å². The maximum atomic E-state index is 13.3. The van der Waals surface area contributed by atoms with Gasteiger partial charge in [0.1, 0.15) is 11.5 Å². The van der Waals surface area contributed by atoms with Crippen LogP contribution in [-0.2, 0) is 29.3 Å². The van der Waals surface area contributed by atoms with Crippen molar-refractivity contribution in [3.8, 4) is 11.5 Å². The fraction of sp³-hybridized carbons (Fsp3) is 0.391. The molecule has 1 atom stereocenters. The van der Waals surface area contributed by atoms with Crippen LogP contribution < -0.4 is 19.7 Å². The van der Waals surface area contributed by atoms with Gasteiger partial charge in [-0.1, -0.05) is 0 Å². The quantitative estimate of drug-likeness (QED) is 0.609. The Bertz CT molecular complexity index is 1430. The normalized spacial score (nSPS) is 16.7. The summed E-state index contributed by atoms with van der Waals surface area (Å²) < 4.78 is 62.9. The molecule has 0 radical (unpaired) electrons. The third-order valence-electron chi connectivity index (χ3n) is 6.01. The average Bonchev–Trinajstić information content (AvgIpc) is 2.79. The van der Waals surface area contributed by atoms with Crippen LogP contribution in [0.3, 0.4) is 0 Å². The number of carbonyl (C=O) groups is 2. The third kappa shape index (κ3) is 4.47. The number of nitrogens with one attached hydrogen (secondary N) is 1. The number of fused-ring (bicyclic) bond motifs is 2. The SMILES string of the molecule is Cc1cc2c(cc1S(=O)(=O)C(C)C)OCC(=O)N2CC(C)S(=O)(=O)c1ccc2c(c1)NC(=O)CO2. The van der Waals surface area contributed by atoms with Crippen molar-refractivity contribution in [2.45, 2.75) is 48.0 Å². The highest BCUT2D eigenvalue weighted by Gasteiger charge is 2.34. The summed E-state index contributed by atoms with van der Waals surface area (Å²) in [6, 6.07) is 7.13. The highest BCUT2D eigenvalue weighted by Crippen LogP contribution is 2.38. The summed E-state index contributed by atoms with van der Waals surface area (Å²) in [5, 5.41) is 0.926. The first kappa shape index (κ1) is 25.0. The molecule has 2 aromatic carbocycles. The minimum Gasteiger partial charge on any atom is -0.482 e. The molecule has 0 aromatic heterocycles. The standard InChI is InChI=1S/C23H26N2O8S2/c1-13(2)34(28,29)21-9-20-18(7-14(21)3)25(23(27)12-33-20)10-15(4)35(30,31)16-5-6-19-17(8-16)24-22(26)11-32-19/h5-9,13,15H,10-12H2,1-4H3,(H,24,26). The van der Waals surface area contributed by atoms with E-state index in [1.54, 1.807) is 20.8 Å². The summed E-state index contributed by atoms with van der Waals surface area (Å²) >= 11 is 0. The Morgan fingerprint density at radius 3 is 2.31 bits per heavy atom. The third-order valence-corrected chi connectivity index (χ3v) is 10.4. The predicted molar refractivity (Wildman–Crippen MR) is 129 cm³/mol. The molecule has 12 heteroatoms. The van der Waals surface area contributed by atoms with Gasteiger partial charge in [0.2, 0.25) is 0 Å². The van der Waals surface area contributed by atoms with Gasteiger partial charge in [-0.3, -0.25) is 9.59 Å². The van der Waals surface area contributed by atoms with Crippen LogP contribution in [0.25, 0.3) is 0 Å². The smallest absolute Gasteiger partial charge is 0.265 e. The molecule has 1 unspecified atom stereocenters. The van der Waals surface area contributed by atoms with Crippen molar-refractivity contribution in [1.82, 2.24) is 0 Å². The van der Waals surface area contributed by atoms with Crippen molar-refractivity contribution in [2.24, 2.45) is 0 Å². The van der Waals surface area contributed by atoms with Gasteiger partial charge in [-0.15, -0.1) is 0 Å². The number of rotatable bonds is 6. The van der Waals surface area contributed by atoms with Gasteiger partial charge in [-0.05, 0) is 57.5 Å². The minimum atomic E-state index is -3.91. The Morgan fingerprint density at radius 2 is 1.63 bits per heavy atom. The van der Waals surface area contributed by atoms with Gasteiger partial charge in [0.25, 0.3) is 11.8 Å². The zero-order valence-electron chi connectivity index (χ0n) is 19.7. The number of amides is 2. The number of nitrogens with zero attached hydrogens (tertiary/aromatic N) is 1. The zero-order valence-corrected chi connectivity index (χ0v) is 21.3. The van der Waals surface area contributed by atoms with Crippen LogP contribution in [0.2, 0.25) is 0 Å². The van der Waals surface area contributed by atoms with Crippen LogP contribution >= 0.6 is 0 Å². The molecule has 2 amide bonds. The van der Waals surface area contributed by atoms with Crippen molar-refractivity contribution in [1.29, 1.82) is 0 Å². The molecule has 2 aliphatic heterocycles. The van der Waals surface area contributed by atoms with E-state index in [1.165, 1.54) is 42.2 Å². The summed E-state index contributed by atoms with van der Waals surface area (Å²) in [6.45, 7) is 5.60. The first-order valence-corrected chi connectivity index (χ1v) is 14.0. The molecule has 2 heterocycles. The van der Waals surface area contributed by atoms with Gasteiger partial charge < -0.3 is 19.7 Å². The molecule has 0 aliphatic carbocycles. The van der Waals surface area contributed by atoms with Crippen LogP contribution in [0, 0.1) is 6.92 Å². The fourth-order valence-corrected chi connectivity index (χ4v) is 6.56. The van der Waals surface area contributed by atoms with Crippen LogP contribution in [0.4, 0.5) is 11.4 Å². The minimum absolute atomic E-state index is 0.0231. The zero-order chi connectivity index (χ0) is 25.7. The number of sulfone groups is 2. The Kier molecular flexibility index (Phi) is 6.30. The van der Waals surface area contributed by atoms with Gasteiger partial charge >= 0.3 is 0 Å². The van der Waals surface area contributed by atoms with E-state index in [9.17, 15) is 26.4 Å². The lowest BCUT2D eigenvalue weighted by molar-refractivity contribution is -0.121. The summed E-state index contributed by atoms with van der Waals surface area (Å²) in [4.78, 5) is 25.7. The molecule has 10 nitrogen and oxygen atoms in total. The molecule has 188 valence electrons. The summed E-state index contributed by atoms with van der Waals surface area (Å²) in [5.41, 5.74) is 1.01. The lowest BCUT2D eigenvalue weighted by atomic mass is 10.1. The van der Waals surface area contributed by atoms with Gasteiger partial charge in [0.05, 0.1) is 31.7 Å². The lowest BCUT2D eigenvalue weighted by Crippen LogP contribution is -2.44. The van der Waals surface area contributed by atoms with Crippen molar-refractivity contribution in [3.05, 3.63) is 35.9 Å². The largest absolute Gasteiger partial charge is 0.482 e. The van der Waals surface area contributed by atoms with Gasteiger partial charge in [-0.25, -0.2) is 16.8 Å². The fourth-order valence-electron chi connectivity index (χ4n) is 3.92. The molecule has 2 aliphatic rings. The van der Waals surface area contributed by atoms with E-state index in [2.05, 4.69) is 5.32 Å². The Labute approximate surface area is 204 Å². The highest BCUT2D eigenvalue weighted by atomic mass is 32.2. The number of anilines is 2. The van der Waals surface area contributed by atoms with Crippen molar-refractivity contribution >= 4 is 42.9 Å². The molecule has 2 aromatic rings. The average molecular weight is 523 g/mol. The van der Waals surface area contributed by atoms with Gasteiger partial charge in [-0.2, -0.15) is 0 Å². The van der Waals surface area contributed by atoms with E-state index >= 15 is 0 Å². The molecule has 35 heavy (non-hydrogen) atoms. The van der Waals surface area contributed by atoms with Crippen molar-refractivity contribution in [3.63, 3.8) is 0 Å². The van der Waals surface area contributed by atoms with E-state index in [0.717, 1.165) is 0 Å². The number of ether oxygens (including phenoxy) is 2. The maximum Gasteiger partial charge on any atom is 0.265 e. The summed E-state index contributed by atoms with van der Waals surface area (Å²) in [5.74, 6) is -0.252. The number of hydrogen-bond acceptors (Lipinski definition) is 8. The Balaban J connectivity index is 1.66. The number of hydrogen-bond donors (Lipinski definition) is 1. The van der Waals surface area contributed by atoms with E-state index < -0.39 is 36.1 Å². The molecule has 4 rings (SSSR count). The molecule has 0 bridgehead atoms. The first-order chi connectivity index (χ1) is 16.3. The van der Waals surface area contributed by atoms with Crippen LogP contribution in [0.1, 0.15) is 26.3 Å². The van der Waals surface area contributed by atoms with Gasteiger partial charge in [0.15, 0.2) is 32.9 Å². The van der Waals surface area contributed by atoms with Crippen LogP contribution in [0.5, 0.6) is 11.5 Å². The van der Waals surface area contributed by atoms with Crippen molar-refractivity contribution < 1.29 is 35.9 Å². The van der Waals surface area contributed by atoms with Crippen LogP contribution in [0.15, 0.2) is 40.1 Å². The second-order valence-corrected chi connectivity index (χ2v) is 13.7. The molecular formula is C23H26N2O8S2. The number of carbonyl (C=O) groups excluding carboxylic acids is 2. The lowest BCUT2D eigenvalue weighted by Gasteiger charge is -2.32. The van der Waals surface area contributed by atoms with E-state index in [0.29, 0.717) is 17.0 Å². The predicted octanol–water partition coefficient (Wildman–Crippen LogP) is 2.10. The van der Waals surface area contributed by atoms with E-state index in [4.69, 9.17) is 9.47 Å². The number of benzene rings is 2. The van der Waals surface area contributed by atoms with Crippen molar-refractivity contribution in [2.75, 3.05) is 30.0 Å². The summed E-state index contributed by atoms with van der Waals surface area (Å²) in [6.07, 6.45) is 0. The molecule has 0 fully saturated rings. The monoisotopic (exact) mass is 522 g/mol. The topological polar surface area (TPSA) is 136 Å².